The van der Waals surface area contributed by atoms with Crippen LogP contribution >= 0.6 is 11.6 Å². The predicted molar refractivity (Wildman–Crippen MR) is 112 cm³/mol. The van der Waals surface area contributed by atoms with Crippen molar-refractivity contribution < 1.29 is 9.13 Å². The highest BCUT2D eigenvalue weighted by molar-refractivity contribution is 6.31. The number of imidazole rings is 1. The Bertz CT molecular complexity index is 1070. The molecule has 2 saturated heterocycles. The third kappa shape index (κ3) is 3.09. The third-order valence-electron chi connectivity index (χ3n) is 6.45. The van der Waals surface area contributed by atoms with Crippen LogP contribution in [-0.4, -0.2) is 40.2 Å². The summed E-state index contributed by atoms with van der Waals surface area (Å²) >= 11 is 6.02. The summed E-state index contributed by atoms with van der Waals surface area (Å²) in [4.78, 5) is 11.6. The van der Waals surface area contributed by atoms with Crippen LogP contribution in [0.25, 0.3) is 16.8 Å². The number of aromatic nitrogens is 3. The largest absolute Gasteiger partial charge is 0.378 e. The molecule has 0 amide bonds. The Morgan fingerprint density at radius 2 is 2.07 bits per heavy atom. The summed E-state index contributed by atoms with van der Waals surface area (Å²) < 4.78 is 22.5. The van der Waals surface area contributed by atoms with Crippen molar-refractivity contribution in [2.24, 2.45) is 5.41 Å². The van der Waals surface area contributed by atoms with E-state index in [2.05, 4.69) is 16.8 Å². The summed E-state index contributed by atoms with van der Waals surface area (Å²) in [6, 6.07) is 5.04. The molecule has 29 heavy (non-hydrogen) atoms. The van der Waals surface area contributed by atoms with Crippen molar-refractivity contribution in [3.05, 3.63) is 47.3 Å². The maximum absolute atomic E-state index is 14.7. The monoisotopic (exact) mass is 414 g/mol. The first-order chi connectivity index (χ1) is 14.0. The molecule has 152 valence electrons. The fourth-order valence-corrected chi connectivity index (χ4v) is 5.09. The second kappa shape index (κ2) is 6.96. The SMILES string of the molecule is Cc1nc(N2CCC3(CC2)CO[C@@H](C)C3)c2cncn2c1-c1cccc(Cl)c1F. The smallest absolute Gasteiger partial charge is 0.154 e. The molecule has 4 heterocycles. The summed E-state index contributed by atoms with van der Waals surface area (Å²) in [6.07, 6.45) is 7.23. The van der Waals surface area contributed by atoms with Gasteiger partial charge in [-0.25, -0.2) is 14.4 Å². The lowest BCUT2D eigenvalue weighted by Gasteiger charge is -2.39. The van der Waals surface area contributed by atoms with E-state index in [1.807, 2.05) is 11.3 Å². The van der Waals surface area contributed by atoms with Crippen LogP contribution in [0, 0.1) is 18.2 Å². The number of fused-ring (bicyclic) bond motifs is 1. The second-order valence-electron chi connectivity index (χ2n) is 8.43. The molecule has 2 aromatic heterocycles. The van der Waals surface area contributed by atoms with Crippen molar-refractivity contribution in [3.63, 3.8) is 0 Å². The van der Waals surface area contributed by atoms with Gasteiger partial charge < -0.3 is 9.64 Å². The van der Waals surface area contributed by atoms with Gasteiger partial charge in [-0.15, -0.1) is 0 Å². The summed E-state index contributed by atoms with van der Waals surface area (Å²) in [5.41, 5.74) is 3.08. The van der Waals surface area contributed by atoms with Gasteiger partial charge in [0.05, 0.1) is 41.6 Å². The Morgan fingerprint density at radius 1 is 1.28 bits per heavy atom. The van der Waals surface area contributed by atoms with Crippen LogP contribution < -0.4 is 4.90 Å². The van der Waals surface area contributed by atoms with Gasteiger partial charge in [0.15, 0.2) is 11.6 Å². The van der Waals surface area contributed by atoms with Gasteiger partial charge in [0.1, 0.15) is 5.52 Å². The highest BCUT2D eigenvalue weighted by atomic mass is 35.5. The molecule has 3 aromatic rings. The van der Waals surface area contributed by atoms with E-state index in [1.165, 1.54) is 0 Å². The number of rotatable bonds is 2. The molecule has 5 rings (SSSR count). The van der Waals surface area contributed by atoms with Crippen LogP contribution in [0.1, 0.15) is 31.9 Å². The minimum atomic E-state index is -0.433. The van der Waals surface area contributed by atoms with Crippen molar-refractivity contribution in [1.82, 2.24) is 14.4 Å². The Morgan fingerprint density at radius 3 is 2.79 bits per heavy atom. The summed E-state index contributed by atoms with van der Waals surface area (Å²) in [6.45, 7) is 6.82. The maximum atomic E-state index is 14.7. The van der Waals surface area contributed by atoms with E-state index in [4.69, 9.17) is 21.3 Å². The topological polar surface area (TPSA) is 42.7 Å². The van der Waals surface area contributed by atoms with Gasteiger partial charge in [0.2, 0.25) is 0 Å². The number of nitrogens with zero attached hydrogens (tertiary/aromatic N) is 4. The second-order valence-corrected chi connectivity index (χ2v) is 8.84. The zero-order valence-corrected chi connectivity index (χ0v) is 17.4. The minimum Gasteiger partial charge on any atom is -0.378 e. The maximum Gasteiger partial charge on any atom is 0.154 e. The van der Waals surface area contributed by atoms with E-state index in [0.29, 0.717) is 22.8 Å². The lowest BCUT2D eigenvalue weighted by atomic mass is 9.77. The van der Waals surface area contributed by atoms with Crippen molar-refractivity contribution >= 4 is 22.9 Å². The molecule has 2 aliphatic rings. The van der Waals surface area contributed by atoms with Gasteiger partial charge in [-0.1, -0.05) is 17.7 Å². The molecule has 0 N–H and O–H groups in total. The molecule has 0 saturated carbocycles. The molecular formula is C22H24ClFN4O. The van der Waals surface area contributed by atoms with E-state index >= 15 is 0 Å². The van der Waals surface area contributed by atoms with Gasteiger partial charge in [-0.05, 0) is 50.7 Å². The summed E-state index contributed by atoms with van der Waals surface area (Å²) in [5, 5.41) is 0.105. The van der Waals surface area contributed by atoms with Crippen molar-refractivity contribution in [1.29, 1.82) is 0 Å². The number of halogens is 2. The molecular weight excluding hydrogens is 391 g/mol. The van der Waals surface area contributed by atoms with Crippen LogP contribution in [-0.2, 0) is 4.74 Å². The van der Waals surface area contributed by atoms with Crippen molar-refractivity contribution in [2.45, 2.75) is 39.2 Å². The van der Waals surface area contributed by atoms with E-state index in [-0.39, 0.29) is 5.02 Å². The molecule has 2 fully saturated rings. The highest BCUT2D eigenvalue weighted by Gasteiger charge is 2.41. The number of hydrogen-bond acceptors (Lipinski definition) is 4. The number of hydrogen-bond donors (Lipinski definition) is 0. The third-order valence-corrected chi connectivity index (χ3v) is 6.74. The zero-order valence-electron chi connectivity index (χ0n) is 16.7. The van der Waals surface area contributed by atoms with Crippen LogP contribution in [0.5, 0.6) is 0 Å². The van der Waals surface area contributed by atoms with Crippen LogP contribution in [0.15, 0.2) is 30.7 Å². The number of piperidine rings is 1. The predicted octanol–water partition coefficient (Wildman–Crippen LogP) is 4.89. The molecule has 1 spiro atoms. The summed E-state index contributed by atoms with van der Waals surface area (Å²) in [5.74, 6) is 0.477. The van der Waals surface area contributed by atoms with Gasteiger partial charge in [0, 0.05) is 18.7 Å². The minimum absolute atomic E-state index is 0.105. The zero-order chi connectivity index (χ0) is 20.2. The molecule has 7 heteroatoms. The van der Waals surface area contributed by atoms with Gasteiger partial charge in [0.25, 0.3) is 0 Å². The molecule has 0 radical (unpaired) electrons. The first-order valence-electron chi connectivity index (χ1n) is 10.1. The van der Waals surface area contributed by atoms with Crippen LogP contribution in [0.3, 0.4) is 0 Å². The van der Waals surface area contributed by atoms with E-state index in [1.54, 1.807) is 30.7 Å². The molecule has 0 bridgehead atoms. The molecule has 0 unspecified atom stereocenters. The average Bonchev–Trinajstić information content (AvgIpc) is 3.32. The fraction of sp³-hybridized carbons (Fsp3) is 0.455. The normalized spacial score (nSPS) is 21.4. The van der Waals surface area contributed by atoms with E-state index < -0.39 is 5.82 Å². The van der Waals surface area contributed by atoms with Gasteiger partial charge >= 0.3 is 0 Å². The van der Waals surface area contributed by atoms with Crippen LogP contribution in [0.4, 0.5) is 10.2 Å². The number of aryl methyl sites for hydroxylation is 1. The molecule has 5 nitrogen and oxygen atoms in total. The molecule has 1 aromatic carbocycles. The first kappa shape index (κ1) is 18.8. The van der Waals surface area contributed by atoms with E-state index in [0.717, 1.165) is 56.0 Å². The van der Waals surface area contributed by atoms with Crippen LogP contribution in [0.2, 0.25) is 5.02 Å². The van der Waals surface area contributed by atoms with Crippen molar-refractivity contribution in [3.8, 4) is 11.3 Å². The first-order valence-corrected chi connectivity index (χ1v) is 10.5. The number of benzene rings is 1. The number of ether oxygens (including phenoxy) is 1. The fourth-order valence-electron chi connectivity index (χ4n) is 4.91. The van der Waals surface area contributed by atoms with Gasteiger partial charge in [-0.2, -0.15) is 0 Å². The molecule has 1 atom stereocenters. The number of anilines is 1. The lowest BCUT2D eigenvalue weighted by molar-refractivity contribution is 0.0976. The summed E-state index contributed by atoms with van der Waals surface area (Å²) in [7, 11) is 0. The highest BCUT2D eigenvalue weighted by Crippen LogP contribution is 2.43. The van der Waals surface area contributed by atoms with E-state index in [9.17, 15) is 4.39 Å². The molecule has 0 aliphatic carbocycles. The quantitative estimate of drug-likeness (QED) is 0.598. The standard InChI is InChI=1S/C22H24ClFN4O/c1-14-10-22(12-29-14)6-8-27(9-7-22)21-18-11-25-13-28(18)20(15(2)26-21)16-4-3-5-17(23)19(16)24/h3-5,11,13-14H,6-10,12H2,1-2H3/t14-/m0/s1. The Labute approximate surface area is 174 Å². The Kier molecular flexibility index (Phi) is 4.51. The lowest BCUT2D eigenvalue weighted by Crippen LogP contribution is -2.41. The molecule has 2 aliphatic heterocycles. The van der Waals surface area contributed by atoms with Gasteiger partial charge in [-0.3, -0.25) is 4.40 Å². The van der Waals surface area contributed by atoms with Crippen molar-refractivity contribution in [2.75, 3.05) is 24.6 Å². The Hall–Kier alpha value is -2.18. The average molecular weight is 415 g/mol. The Balaban J connectivity index is 1.53.